The van der Waals surface area contributed by atoms with Crippen LogP contribution in [0.2, 0.25) is 0 Å². The summed E-state index contributed by atoms with van der Waals surface area (Å²) in [6.07, 6.45) is 7.85. The van der Waals surface area contributed by atoms with Crippen LogP contribution in [0.1, 0.15) is 63.9 Å². The first-order valence-corrected chi connectivity index (χ1v) is 14.4. The fourth-order valence-corrected chi connectivity index (χ4v) is 4.85. The molecule has 1 aliphatic rings. The van der Waals surface area contributed by atoms with Crippen LogP contribution in [0, 0.1) is 0 Å². The molecule has 1 fully saturated rings. The van der Waals surface area contributed by atoms with E-state index in [1.165, 1.54) is 0 Å². The Morgan fingerprint density at radius 2 is 1.90 bits per heavy atom. The average molecular weight is 559 g/mol. The minimum Gasteiger partial charge on any atom is -0.362 e. The van der Waals surface area contributed by atoms with Gasteiger partial charge in [0, 0.05) is 67.5 Å². The molecule has 10 heteroatoms. The van der Waals surface area contributed by atoms with Crippen molar-refractivity contribution >= 4 is 29.0 Å². The topological polar surface area (TPSA) is 108 Å². The Labute approximate surface area is 242 Å². The van der Waals surface area contributed by atoms with Gasteiger partial charge in [-0.2, -0.15) is 5.10 Å². The number of allylic oxidation sites excluding steroid dienone is 3. The number of nitrogens with one attached hydrogen (secondary N) is 2. The summed E-state index contributed by atoms with van der Waals surface area (Å²) in [5.74, 6) is 0.646. The van der Waals surface area contributed by atoms with Crippen LogP contribution >= 0.6 is 0 Å². The molecule has 2 N–H and O–H groups in total. The van der Waals surface area contributed by atoms with Gasteiger partial charge in [-0.1, -0.05) is 19.4 Å². The van der Waals surface area contributed by atoms with Gasteiger partial charge in [0.15, 0.2) is 5.65 Å². The number of pyridine rings is 2. The molecule has 3 aromatic rings. The monoisotopic (exact) mass is 558 g/mol. The first-order valence-electron chi connectivity index (χ1n) is 14.4. The number of hydrogen-bond donors (Lipinski definition) is 2. The van der Waals surface area contributed by atoms with E-state index in [1.54, 1.807) is 12.3 Å². The van der Waals surface area contributed by atoms with Crippen LogP contribution < -0.4 is 15.5 Å². The van der Waals surface area contributed by atoms with Crippen LogP contribution in [-0.4, -0.2) is 76.6 Å². The zero-order valence-corrected chi connectivity index (χ0v) is 25.1. The second-order valence-electron chi connectivity index (χ2n) is 10.8. The highest BCUT2D eigenvalue weighted by Gasteiger charge is 2.20. The van der Waals surface area contributed by atoms with E-state index in [0.717, 1.165) is 61.7 Å². The molecule has 0 saturated carbocycles. The number of likely N-dealkylation sites (N-methyl/N-ethyl adjacent to an activating group) is 1. The summed E-state index contributed by atoms with van der Waals surface area (Å²) in [5, 5.41) is 11.5. The summed E-state index contributed by atoms with van der Waals surface area (Å²) in [4.78, 5) is 39.9. The Bertz CT molecular complexity index is 1430. The van der Waals surface area contributed by atoms with Crippen LogP contribution in [0.25, 0.3) is 22.3 Å². The molecule has 0 bridgehead atoms. The van der Waals surface area contributed by atoms with E-state index in [4.69, 9.17) is 9.97 Å². The second-order valence-corrected chi connectivity index (χ2v) is 10.8. The highest BCUT2D eigenvalue weighted by atomic mass is 16.1. The SMILES string of the molecule is C/C=C(/C)N/C(CCC)=C(\C=O)CNC(=O)c1cc(-c2ccc(N3CCN(C)CC3)nc2)nc2c1cnn2C(C)C. The van der Waals surface area contributed by atoms with Gasteiger partial charge < -0.3 is 20.4 Å². The van der Waals surface area contributed by atoms with Crippen molar-refractivity contribution in [2.24, 2.45) is 0 Å². The molecule has 0 aliphatic carbocycles. The van der Waals surface area contributed by atoms with Crippen molar-refractivity contribution in [3.05, 3.63) is 59.2 Å². The van der Waals surface area contributed by atoms with Crippen molar-refractivity contribution < 1.29 is 9.59 Å². The quantitative estimate of drug-likeness (QED) is 0.265. The molecule has 0 unspecified atom stereocenters. The van der Waals surface area contributed by atoms with Gasteiger partial charge in [-0.05, 0) is 59.4 Å². The summed E-state index contributed by atoms with van der Waals surface area (Å²) < 4.78 is 1.82. The number of hydrogen-bond acceptors (Lipinski definition) is 8. The lowest BCUT2D eigenvalue weighted by molar-refractivity contribution is -0.105. The molecule has 0 aromatic carbocycles. The van der Waals surface area contributed by atoms with Crippen molar-refractivity contribution in [1.29, 1.82) is 0 Å². The Morgan fingerprint density at radius 3 is 2.51 bits per heavy atom. The maximum absolute atomic E-state index is 13.6. The van der Waals surface area contributed by atoms with Crippen molar-refractivity contribution in [2.45, 2.75) is 53.5 Å². The average Bonchev–Trinajstić information content (AvgIpc) is 3.42. The summed E-state index contributed by atoms with van der Waals surface area (Å²) in [5.41, 5.74) is 4.85. The van der Waals surface area contributed by atoms with E-state index in [9.17, 15) is 9.59 Å². The van der Waals surface area contributed by atoms with Crippen molar-refractivity contribution in [1.82, 2.24) is 35.3 Å². The molecule has 1 amide bonds. The van der Waals surface area contributed by atoms with Gasteiger partial charge in [0.2, 0.25) is 0 Å². The molecule has 1 aliphatic heterocycles. The highest BCUT2D eigenvalue weighted by molar-refractivity contribution is 6.06. The number of amides is 1. The van der Waals surface area contributed by atoms with E-state index >= 15 is 0 Å². The molecule has 218 valence electrons. The minimum atomic E-state index is -0.290. The summed E-state index contributed by atoms with van der Waals surface area (Å²) in [7, 11) is 2.13. The molecule has 4 rings (SSSR count). The Morgan fingerprint density at radius 1 is 1.15 bits per heavy atom. The number of carbonyl (C=O) groups excluding carboxylic acids is 2. The zero-order valence-electron chi connectivity index (χ0n) is 25.1. The third-order valence-corrected chi connectivity index (χ3v) is 7.42. The van der Waals surface area contributed by atoms with Crippen LogP contribution in [0.3, 0.4) is 0 Å². The Hall–Kier alpha value is -4.05. The predicted molar refractivity (Wildman–Crippen MR) is 164 cm³/mol. The summed E-state index contributed by atoms with van der Waals surface area (Å²) in [6, 6.07) is 5.87. The number of fused-ring (bicyclic) bond motifs is 1. The van der Waals surface area contributed by atoms with Crippen LogP contribution in [0.15, 0.2) is 53.6 Å². The smallest absolute Gasteiger partial charge is 0.252 e. The third-order valence-electron chi connectivity index (χ3n) is 7.42. The first kappa shape index (κ1) is 29.9. The number of aromatic nitrogens is 4. The number of aldehydes is 1. The molecule has 10 nitrogen and oxygen atoms in total. The fraction of sp³-hybridized carbons (Fsp3) is 0.452. The molecular formula is C31H42N8O2. The van der Waals surface area contributed by atoms with Gasteiger partial charge in [0.1, 0.15) is 12.1 Å². The molecule has 0 atom stereocenters. The number of carbonyl (C=O) groups is 2. The Balaban J connectivity index is 1.66. The van der Waals surface area contributed by atoms with Crippen molar-refractivity contribution in [2.75, 3.05) is 44.7 Å². The lowest BCUT2D eigenvalue weighted by atomic mass is 10.1. The number of nitrogens with zero attached hydrogens (tertiary/aromatic N) is 6. The number of rotatable bonds is 11. The molecule has 1 saturated heterocycles. The van der Waals surface area contributed by atoms with Gasteiger partial charge in [0.05, 0.1) is 22.8 Å². The van der Waals surface area contributed by atoms with Crippen LogP contribution in [-0.2, 0) is 4.79 Å². The molecule has 0 spiro atoms. The van der Waals surface area contributed by atoms with Gasteiger partial charge in [-0.3, -0.25) is 9.59 Å². The van der Waals surface area contributed by atoms with E-state index in [-0.39, 0.29) is 18.5 Å². The van der Waals surface area contributed by atoms with Crippen LogP contribution in [0.4, 0.5) is 5.82 Å². The van der Waals surface area contributed by atoms with Crippen molar-refractivity contribution in [3.8, 4) is 11.3 Å². The molecular weight excluding hydrogens is 516 g/mol. The highest BCUT2D eigenvalue weighted by Crippen LogP contribution is 2.27. The van der Waals surface area contributed by atoms with Gasteiger partial charge >= 0.3 is 0 Å². The second kappa shape index (κ2) is 13.5. The van der Waals surface area contributed by atoms with E-state index in [2.05, 4.69) is 39.5 Å². The van der Waals surface area contributed by atoms with E-state index in [1.807, 2.05) is 56.8 Å². The molecule has 41 heavy (non-hydrogen) atoms. The first-order chi connectivity index (χ1) is 19.7. The summed E-state index contributed by atoms with van der Waals surface area (Å²) >= 11 is 0. The van der Waals surface area contributed by atoms with Crippen molar-refractivity contribution in [3.63, 3.8) is 0 Å². The summed E-state index contributed by atoms with van der Waals surface area (Å²) in [6.45, 7) is 14.0. The van der Waals surface area contributed by atoms with Gasteiger partial charge in [0.25, 0.3) is 5.91 Å². The maximum Gasteiger partial charge on any atom is 0.252 e. The zero-order chi connectivity index (χ0) is 29.5. The van der Waals surface area contributed by atoms with Gasteiger partial charge in [-0.15, -0.1) is 0 Å². The van der Waals surface area contributed by atoms with E-state index in [0.29, 0.717) is 34.3 Å². The fourth-order valence-electron chi connectivity index (χ4n) is 4.85. The lowest BCUT2D eigenvalue weighted by Gasteiger charge is -2.33. The third kappa shape index (κ3) is 7.00. The van der Waals surface area contributed by atoms with Crippen LogP contribution in [0.5, 0.6) is 0 Å². The minimum absolute atomic E-state index is 0.0611. The standard InChI is InChI=1S/C31H42N8O2/c1-7-9-27(35-22(5)8-2)24(20-40)18-33-31(41)25-16-28(36-30-26(25)19-34-39(30)21(3)4)23-10-11-29(32-17-23)38-14-12-37(6)13-15-38/h8,10-11,16-17,19-21,35H,7,9,12-15,18H2,1-6H3,(H,33,41)/b22-8-,27-24-. The maximum atomic E-state index is 13.6. The number of anilines is 1. The normalized spacial score (nSPS) is 15.3. The lowest BCUT2D eigenvalue weighted by Crippen LogP contribution is -2.44. The molecule has 3 aromatic heterocycles. The predicted octanol–water partition coefficient (Wildman–Crippen LogP) is 4.32. The largest absolute Gasteiger partial charge is 0.362 e. The Kier molecular flexibility index (Phi) is 9.88. The van der Waals surface area contributed by atoms with E-state index < -0.39 is 0 Å². The molecule has 0 radical (unpaired) electrons. The van der Waals surface area contributed by atoms with Gasteiger partial charge in [-0.25, -0.2) is 14.6 Å². The molecule has 4 heterocycles. The number of piperazine rings is 1.